The van der Waals surface area contributed by atoms with E-state index in [0.29, 0.717) is 3.16 Å². The highest BCUT2D eigenvalue weighted by Crippen LogP contribution is 2.45. The first kappa shape index (κ1) is 18.0. The minimum Gasteiger partial charge on any atom is -0.305 e. The van der Waals surface area contributed by atoms with E-state index in [2.05, 4.69) is 68.6 Å². The highest BCUT2D eigenvalue weighted by atomic mass is 127. The summed E-state index contributed by atoms with van der Waals surface area (Å²) in [5.74, 6) is 0. The molecule has 0 amide bonds. The van der Waals surface area contributed by atoms with Crippen molar-refractivity contribution in [2.45, 2.75) is 36.9 Å². The second-order valence-corrected chi connectivity index (χ2v) is 12.1. The Kier molecular flexibility index (Phi) is 7.57. The second-order valence-electron chi connectivity index (χ2n) is 5.49. The molecule has 0 aliphatic carbocycles. The first-order valence-corrected chi connectivity index (χ1v) is 10.3. The molecule has 0 N–H and O–H groups in total. The zero-order chi connectivity index (χ0) is 15.2. The van der Waals surface area contributed by atoms with Gasteiger partial charge in [0.1, 0.15) is 0 Å². The van der Waals surface area contributed by atoms with Crippen LogP contribution in [-0.2, 0) is 6.54 Å². The van der Waals surface area contributed by atoms with Crippen LogP contribution in [0.1, 0.15) is 31.4 Å². The maximum absolute atomic E-state index is 3.85. The van der Waals surface area contributed by atoms with E-state index < -0.39 is 0 Å². The zero-order valence-corrected chi connectivity index (χ0v) is 16.5. The number of halogens is 1. The average Bonchev–Trinajstić information content (AvgIpc) is 2.40. The highest BCUT2D eigenvalue weighted by molar-refractivity contribution is 14.2. The van der Waals surface area contributed by atoms with Crippen LogP contribution in [0.3, 0.4) is 0 Å². The van der Waals surface area contributed by atoms with Crippen LogP contribution in [0, 0.1) is 6.92 Å². The molecule has 0 aliphatic rings. The van der Waals surface area contributed by atoms with Crippen molar-refractivity contribution in [3.05, 3.63) is 42.0 Å². The molecule has 0 heterocycles. The van der Waals surface area contributed by atoms with Crippen LogP contribution < -0.4 is 5.30 Å². The minimum absolute atomic E-state index is 0.0584. The molecule has 1 aromatic rings. The van der Waals surface area contributed by atoms with Gasteiger partial charge in [0, 0.05) is 9.71 Å². The van der Waals surface area contributed by atoms with Crippen molar-refractivity contribution in [3.8, 4) is 0 Å². The fourth-order valence-corrected chi connectivity index (χ4v) is 6.56. The van der Waals surface area contributed by atoms with E-state index in [1.165, 1.54) is 17.5 Å². The minimum atomic E-state index is 0.0584. The van der Waals surface area contributed by atoms with Gasteiger partial charge in [0.15, 0.2) is 0 Å². The molecule has 0 radical (unpaired) electrons. The van der Waals surface area contributed by atoms with Gasteiger partial charge >= 0.3 is 0 Å². The standard InChI is InChI=1S/C17H27INP/c1-7-12-18-17(4,8-2)20-16-14(3)10-9-11-15(16)13-19(5)6/h7,9-12,20H,1,8,13H2,2-6H3. The lowest BCUT2D eigenvalue weighted by Gasteiger charge is -2.27. The number of hydrogen-bond acceptors (Lipinski definition) is 1. The monoisotopic (exact) mass is 403 g/mol. The number of aryl methyl sites for hydroxylation is 1. The lowest BCUT2D eigenvalue weighted by atomic mass is 10.1. The third-order valence-electron chi connectivity index (χ3n) is 3.29. The quantitative estimate of drug-likeness (QED) is 0.370. The Balaban J connectivity index is 3.11. The van der Waals surface area contributed by atoms with Crippen LogP contribution in [0.25, 0.3) is 0 Å². The Morgan fingerprint density at radius 1 is 1.40 bits per heavy atom. The molecule has 0 spiro atoms. The fraction of sp³-hybridized carbons (Fsp3) is 0.471. The number of alkyl halides is 1. The smallest absolute Gasteiger partial charge is 0.0355 e. The van der Waals surface area contributed by atoms with Gasteiger partial charge in [-0.3, -0.25) is 0 Å². The van der Waals surface area contributed by atoms with Gasteiger partial charge in [0.05, 0.1) is 0 Å². The van der Waals surface area contributed by atoms with Crippen LogP contribution in [0.5, 0.6) is 0 Å². The average molecular weight is 403 g/mol. The van der Waals surface area contributed by atoms with E-state index in [9.17, 15) is 0 Å². The van der Waals surface area contributed by atoms with E-state index in [1.54, 1.807) is 5.30 Å². The molecule has 3 heteroatoms. The Morgan fingerprint density at radius 3 is 2.65 bits per heavy atom. The van der Waals surface area contributed by atoms with Crippen molar-refractivity contribution >= 4 is 38.6 Å². The lowest BCUT2D eigenvalue weighted by Crippen LogP contribution is -2.21. The number of benzene rings is 1. The van der Waals surface area contributed by atoms with Gasteiger partial charge in [-0.1, -0.05) is 46.4 Å². The molecule has 0 bridgehead atoms. The van der Waals surface area contributed by atoms with Crippen molar-refractivity contribution < 1.29 is 0 Å². The third-order valence-corrected chi connectivity index (χ3v) is 9.67. The SMILES string of the molecule is C=CC=IC(C)(CC)Pc1c(C)cccc1CN(C)C. The zero-order valence-electron chi connectivity index (χ0n) is 13.3. The van der Waals surface area contributed by atoms with Crippen molar-refractivity contribution in [2.24, 2.45) is 0 Å². The summed E-state index contributed by atoms with van der Waals surface area (Å²) in [6, 6.07) is 6.74. The lowest BCUT2D eigenvalue weighted by molar-refractivity contribution is 0.403. The molecule has 112 valence electrons. The molecule has 0 saturated carbocycles. The molecule has 1 rings (SSSR count). The predicted octanol–water partition coefficient (Wildman–Crippen LogP) is 4.45. The molecular weight excluding hydrogens is 376 g/mol. The molecule has 1 aromatic carbocycles. The fourth-order valence-electron chi connectivity index (χ4n) is 2.02. The summed E-state index contributed by atoms with van der Waals surface area (Å²) in [6.45, 7) is 11.9. The Hall–Kier alpha value is -0.0500. The third kappa shape index (κ3) is 5.38. The summed E-state index contributed by atoms with van der Waals surface area (Å²) in [5, 5.41) is 1.59. The maximum atomic E-state index is 3.85. The largest absolute Gasteiger partial charge is 0.305 e. The molecule has 2 unspecified atom stereocenters. The van der Waals surface area contributed by atoms with Gasteiger partial charge < -0.3 is 4.90 Å². The number of hydrogen-bond donors (Lipinski definition) is 0. The van der Waals surface area contributed by atoms with Gasteiger partial charge in [-0.05, 0) is 54.8 Å². The second kappa shape index (κ2) is 8.41. The topological polar surface area (TPSA) is 3.24 Å². The molecule has 2 atom stereocenters. The molecule has 1 nitrogen and oxygen atoms in total. The van der Waals surface area contributed by atoms with Gasteiger partial charge in [-0.15, -0.1) is 20.7 Å². The molecule has 20 heavy (non-hydrogen) atoms. The summed E-state index contributed by atoms with van der Waals surface area (Å²) in [5.41, 5.74) is 2.94. The van der Waals surface area contributed by atoms with Crippen LogP contribution in [0.2, 0.25) is 0 Å². The van der Waals surface area contributed by atoms with Gasteiger partial charge in [-0.2, -0.15) is 0 Å². The Morgan fingerprint density at radius 2 is 2.10 bits per heavy atom. The summed E-state index contributed by atoms with van der Waals surface area (Å²) in [4.78, 5) is 2.26. The number of rotatable bonds is 7. The van der Waals surface area contributed by atoms with E-state index in [1.807, 2.05) is 6.08 Å². The molecule has 0 fully saturated rings. The van der Waals surface area contributed by atoms with E-state index >= 15 is 0 Å². The summed E-state index contributed by atoms with van der Waals surface area (Å²) < 4.78 is 2.78. The first-order chi connectivity index (χ1) is 9.41. The van der Waals surface area contributed by atoms with Crippen LogP contribution >= 0.6 is 29.3 Å². The van der Waals surface area contributed by atoms with Crippen molar-refractivity contribution in [2.75, 3.05) is 14.1 Å². The Labute approximate surface area is 136 Å². The van der Waals surface area contributed by atoms with E-state index in [4.69, 9.17) is 0 Å². The first-order valence-electron chi connectivity index (χ1n) is 7.02. The van der Waals surface area contributed by atoms with Crippen LogP contribution in [0.15, 0.2) is 30.9 Å². The number of allylic oxidation sites excluding steroid dienone is 1. The normalized spacial score (nSPS) is 15.7. The van der Waals surface area contributed by atoms with Gasteiger partial charge in [0.25, 0.3) is 0 Å². The highest BCUT2D eigenvalue weighted by Gasteiger charge is 2.22. The predicted molar refractivity (Wildman–Crippen MR) is 105 cm³/mol. The van der Waals surface area contributed by atoms with Gasteiger partial charge in [0.2, 0.25) is 0 Å². The summed E-state index contributed by atoms with van der Waals surface area (Å²) in [7, 11) is 5.19. The molecular formula is C17H27INP. The molecule has 0 aliphatic heterocycles. The summed E-state index contributed by atoms with van der Waals surface area (Å²) >= 11 is 0.0584. The van der Waals surface area contributed by atoms with Crippen molar-refractivity contribution in [3.63, 3.8) is 0 Å². The van der Waals surface area contributed by atoms with Crippen LogP contribution in [0.4, 0.5) is 0 Å². The van der Waals surface area contributed by atoms with E-state index in [0.717, 1.165) is 15.1 Å². The molecule has 0 saturated heterocycles. The maximum Gasteiger partial charge on any atom is 0.0355 e. The Bertz CT molecular complexity index is 482. The van der Waals surface area contributed by atoms with Crippen molar-refractivity contribution in [1.29, 1.82) is 0 Å². The summed E-state index contributed by atoms with van der Waals surface area (Å²) in [6.07, 6.45) is 3.23. The van der Waals surface area contributed by atoms with E-state index in [-0.39, 0.29) is 20.7 Å². The van der Waals surface area contributed by atoms with Gasteiger partial charge in [-0.25, -0.2) is 0 Å². The number of nitrogens with zero attached hydrogens (tertiary/aromatic N) is 1. The van der Waals surface area contributed by atoms with Crippen molar-refractivity contribution in [1.82, 2.24) is 4.90 Å². The molecule has 0 aromatic heterocycles. The van der Waals surface area contributed by atoms with Crippen LogP contribution in [-0.4, -0.2) is 26.2 Å².